The molecule has 1 heterocycles. The lowest BCUT2D eigenvalue weighted by atomic mass is 10.2. The van der Waals surface area contributed by atoms with E-state index in [2.05, 4.69) is 22.4 Å². The maximum atomic E-state index is 5.78. The predicted molar refractivity (Wildman–Crippen MR) is 92.7 cm³/mol. The third-order valence-corrected chi connectivity index (χ3v) is 3.57. The summed E-state index contributed by atoms with van der Waals surface area (Å²) in [6.07, 6.45) is 1.78. The summed E-state index contributed by atoms with van der Waals surface area (Å²) >= 11 is 5.77. The summed E-state index contributed by atoms with van der Waals surface area (Å²) in [6, 6.07) is 21.6. The first-order chi connectivity index (χ1) is 11.3. The number of halogens is 1. The number of hydrogen-bond donors (Lipinski definition) is 1. The van der Waals surface area contributed by atoms with Crippen molar-refractivity contribution in [2.75, 3.05) is 0 Å². The molecule has 0 unspecified atom stereocenters. The van der Waals surface area contributed by atoms with E-state index in [4.69, 9.17) is 16.3 Å². The van der Waals surface area contributed by atoms with Crippen LogP contribution in [0.3, 0.4) is 0 Å². The van der Waals surface area contributed by atoms with Crippen molar-refractivity contribution in [1.29, 1.82) is 0 Å². The number of aromatic nitrogens is 1. The molecule has 0 radical (unpaired) electrons. The van der Waals surface area contributed by atoms with Crippen molar-refractivity contribution < 1.29 is 4.74 Å². The molecule has 1 N–H and O–H groups in total. The largest absolute Gasteiger partial charge is 0.457 e. The van der Waals surface area contributed by atoms with Crippen molar-refractivity contribution >= 4 is 11.6 Å². The van der Waals surface area contributed by atoms with Crippen molar-refractivity contribution in [2.24, 2.45) is 0 Å². The second-order valence-corrected chi connectivity index (χ2v) is 5.54. The molecule has 0 saturated heterocycles. The number of ether oxygens (including phenoxy) is 1. The molecule has 23 heavy (non-hydrogen) atoms. The highest BCUT2D eigenvalue weighted by Gasteiger charge is 1.99. The van der Waals surface area contributed by atoms with Crippen molar-refractivity contribution in [3.63, 3.8) is 0 Å². The lowest BCUT2D eigenvalue weighted by Gasteiger charge is -2.08. The second kappa shape index (κ2) is 7.77. The topological polar surface area (TPSA) is 34.1 Å². The Labute approximate surface area is 140 Å². The van der Waals surface area contributed by atoms with Gasteiger partial charge in [-0.05, 0) is 41.5 Å². The Bertz CT molecular complexity index is 728. The third kappa shape index (κ3) is 4.81. The molecule has 0 aliphatic heterocycles. The van der Waals surface area contributed by atoms with Gasteiger partial charge in [0.25, 0.3) is 0 Å². The summed E-state index contributed by atoms with van der Waals surface area (Å²) in [6.45, 7) is 1.54. The lowest BCUT2D eigenvalue weighted by molar-refractivity contribution is 0.482. The molecule has 3 aromatic rings. The standard InChI is InChI=1S/C19H17ClN2O/c20-19-11-8-16(14-22-19)13-21-12-15-6-9-18(10-7-15)23-17-4-2-1-3-5-17/h1-11,14,21H,12-13H2. The number of nitrogens with zero attached hydrogens (tertiary/aromatic N) is 1. The van der Waals surface area contributed by atoms with Crippen LogP contribution in [-0.2, 0) is 13.1 Å². The molecule has 0 spiro atoms. The van der Waals surface area contributed by atoms with E-state index in [0.717, 1.165) is 30.2 Å². The molecule has 4 heteroatoms. The lowest BCUT2D eigenvalue weighted by Crippen LogP contribution is -2.12. The predicted octanol–water partition coefficient (Wildman–Crippen LogP) is 4.82. The Hall–Kier alpha value is -2.36. The Balaban J connectivity index is 1.50. The van der Waals surface area contributed by atoms with Crippen molar-refractivity contribution in [3.05, 3.63) is 89.2 Å². The van der Waals surface area contributed by atoms with Crippen LogP contribution in [0.1, 0.15) is 11.1 Å². The van der Waals surface area contributed by atoms with Gasteiger partial charge >= 0.3 is 0 Å². The Morgan fingerprint density at radius 3 is 2.13 bits per heavy atom. The van der Waals surface area contributed by atoms with Crippen LogP contribution >= 0.6 is 11.6 Å². The SMILES string of the molecule is Clc1ccc(CNCc2ccc(Oc3ccccc3)cc2)cn1. The van der Waals surface area contributed by atoms with E-state index < -0.39 is 0 Å². The highest BCUT2D eigenvalue weighted by atomic mass is 35.5. The van der Waals surface area contributed by atoms with Crippen LogP contribution in [0, 0.1) is 0 Å². The minimum absolute atomic E-state index is 0.516. The zero-order valence-corrected chi connectivity index (χ0v) is 13.3. The van der Waals surface area contributed by atoms with Gasteiger partial charge < -0.3 is 10.1 Å². The van der Waals surface area contributed by atoms with Gasteiger partial charge in [-0.25, -0.2) is 4.98 Å². The molecule has 0 aliphatic rings. The summed E-state index contributed by atoms with van der Waals surface area (Å²) in [5.74, 6) is 1.68. The molecule has 3 rings (SSSR count). The molecule has 0 bridgehead atoms. The van der Waals surface area contributed by atoms with Crippen LogP contribution in [0.25, 0.3) is 0 Å². The maximum Gasteiger partial charge on any atom is 0.129 e. The van der Waals surface area contributed by atoms with Gasteiger partial charge in [-0.15, -0.1) is 0 Å². The Morgan fingerprint density at radius 2 is 1.43 bits per heavy atom. The third-order valence-electron chi connectivity index (χ3n) is 3.35. The molecule has 0 aliphatic carbocycles. The average Bonchev–Trinajstić information content (AvgIpc) is 2.59. The highest BCUT2D eigenvalue weighted by Crippen LogP contribution is 2.21. The number of rotatable bonds is 6. The van der Waals surface area contributed by atoms with Crippen LogP contribution in [0.15, 0.2) is 72.9 Å². The first kappa shape index (κ1) is 15.5. The van der Waals surface area contributed by atoms with Gasteiger partial charge in [-0.3, -0.25) is 0 Å². The van der Waals surface area contributed by atoms with Gasteiger partial charge in [0.15, 0.2) is 0 Å². The number of hydrogen-bond acceptors (Lipinski definition) is 3. The Kier molecular flexibility index (Phi) is 5.25. The van der Waals surface area contributed by atoms with Crippen molar-refractivity contribution in [2.45, 2.75) is 13.1 Å². The monoisotopic (exact) mass is 324 g/mol. The zero-order chi connectivity index (χ0) is 15.9. The van der Waals surface area contributed by atoms with Gasteiger partial charge in [0.05, 0.1) is 0 Å². The minimum Gasteiger partial charge on any atom is -0.457 e. The molecule has 0 saturated carbocycles. The first-order valence-corrected chi connectivity index (χ1v) is 7.80. The summed E-state index contributed by atoms with van der Waals surface area (Å²) in [5.41, 5.74) is 2.31. The first-order valence-electron chi connectivity index (χ1n) is 7.42. The maximum absolute atomic E-state index is 5.78. The fraction of sp³-hybridized carbons (Fsp3) is 0.105. The summed E-state index contributed by atoms with van der Waals surface area (Å²) in [4.78, 5) is 4.07. The average molecular weight is 325 g/mol. The van der Waals surface area contributed by atoms with Gasteiger partial charge in [-0.2, -0.15) is 0 Å². The highest BCUT2D eigenvalue weighted by molar-refractivity contribution is 6.29. The molecule has 1 aromatic heterocycles. The van der Waals surface area contributed by atoms with Crippen LogP contribution in [-0.4, -0.2) is 4.98 Å². The van der Waals surface area contributed by atoms with E-state index in [9.17, 15) is 0 Å². The minimum atomic E-state index is 0.516. The molecule has 0 amide bonds. The molecular weight excluding hydrogens is 308 g/mol. The zero-order valence-electron chi connectivity index (χ0n) is 12.6. The molecule has 0 fully saturated rings. The molecule has 116 valence electrons. The molecule has 0 atom stereocenters. The fourth-order valence-electron chi connectivity index (χ4n) is 2.16. The summed E-state index contributed by atoms with van der Waals surface area (Å²) in [5, 5.41) is 3.90. The smallest absolute Gasteiger partial charge is 0.129 e. The van der Waals surface area contributed by atoms with E-state index in [1.54, 1.807) is 12.3 Å². The Morgan fingerprint density at radius 1 is 0.783 bits per heavy atom. The fourth-order valence-corrected chi connectivity index (χ4v) is 2.27. The second-order valence-electron chi connectivity index (χ2n) is 5.15. The van der Waals surface area contributed by atoms with Gasteiger partial charge in [0, 0.05) is 19.3 Å². The van der Waals surface area contributed by atoms with Crippen LogP contribution in [0.5, 0.6) is 11.5 Å². The number of benzene rings is 2. The molecule has 3 nitrogen and oxygen atoms in total. The van der Waals surface area contributed by atoms with E-state index in [0.29, 0.717) is 5.15 Å². The summed E-state index contributed by atoms with van der Waals surface area (Å²) in [7, 11) is 0. The number of pyridine rings is 1. The van der Waals surface area contributed by atoms with Gasteiger partial charge in [-0.1, -0.05) is 48.0 Å². The van der Waals surface area contributed by atoms with Gasteiger partial charge in [0.2, 0.25) is 0 Å². The molecular formula is C19H17ClN2O. The van der Waals surface area contributed by atoms with E-state index in [1.165, 1.54) is 5.56 Å². The quantitative estimate of drug-likeness (QED) is 0.660. The number of para-hydroxylation sites is 1. The van der Waals surface area contributed by atoms with E-state index in [1.807, 2.05) is 48.5 Å². The van der Waals surface area contributed by atoms with Crippen LogP contribution in [0.4, 0.5) is 0 Å². The van der Waals surface area contributed by atoms with E-state index >= 15 is 0 Å². The van der Waals surface area contributed by atoms with E-state index in [-0.39, 0.29) is 0 Å². The van der Waals surface area contributed by atoms with Gasteiger partial charge in [0.1, 0.15) is 16.7 Å². The number of nitrogens with one attached hydrogen (secondary N) is 1. The summed E-state index contributed by atoms with van der Waals surface area (Å²) < 4.78 is 5.78. The van der Waals surface area contributed by atoms with Crippen molar-refractivity contribution in [3.8, 4) is 11.5 Å². The normalized spacial score (nSPS) is 10.5. The van der Waals surface area contributed by atoms with Crippen LogP contribution in [0.2, 0.25) is 5.15 Å². The molecule has 2 aromatic carbocycles. The van der Waals surface area contributed by atoms with Crippen LogP contribution < -0.4 is 10.1 Å². The van der Waals surface area contributed by atoms with Crippen molar-refractivity contribution in [1.82, 2.24) is 10.3 Å².